The predicted octanol–water partition coefficient (Wildman–Crippen LogP) is 5.37. The quantitative estimate of drug-likeness (QED) is 0.479. The average molecular weight is 478 g/mol. The Morgan fingerprint density at radius 1 is 1.06 bits per heavy atom. The first kappa shape index (κ1) is 25.8. The number of nitrogens with one attached hydrogen (secondary N) is 2. The third-order valence-corrected chi connectivity index (χ3v) is 5.57. The van der Waals surface area contributed by atoms with Crippen molar-refractivity contribution in [3.8, 4) is 11.4 Å². The standard InChI is InChI=1S/C27H35N5O3/c1-18(2)31(26(34)28-21-10-8-9-11-22(21)35-7)17-25(33)29-24-16-23(27(4,5)6)30-32(24)20-14-12-19(3)13-15-20/h8-16,18H,17H2,1-7H3,(H,28,34)(H,29,33). The molecule has 0 fully saturated rings. The fourth-order valence-electron chi connectivity index (χ4n) is 3.48. The van der Waals surface area contributed by atoms with Gasteiger partial charge in [0.15, 0.2) is 0 Å². The van der Waals surface area contributed by atoms with Crippen LogP contribution in [0.2, 0.25) is 0 Å². The van der Waals surface area contributed by atoms with Crippen molar-refractivity contribution in [2.75, 3.05) is 24.3 Å². The molecule has 1 heterocycles. The van der Waals surface area contributed by atoms with Crippen LogP contribution in [-0.2, 0) is 10.2 Å². The lowest BCUT2D eigenvalue weighted by molar-refractivity contribution is -0.117. The lowest BCUT2D eigenvalue weighted by Crippen LogP contribution is -2.44. The van der Waals surface area contributed by atoms with Crippen molar-refractivity contribution in [1.29, 1.82) is 0 Å². The van der Waals surface area contributed by atoms with Crippen LogP contribution in [0.25, 0.3) is 5.69 Å². The largest absolute Gasteiger partial charge is 0.495 e. The van der Waals surface area contributed by atoms with E-state index in [2.05, 4.69) is 31.4 Å². The van der Waals surface area contributed by atoms with Gasteiger partial charge in [-0.3, -0.25) is 4.79 Å². The van der Waals surface area contributed by atoms with Crippen molar-refractivity contribution < 1.29 is 14.3 Å². The molecule has 0 radical (unpaired) electrons. The van der Waals surface area contributed by atoms with Crippen LogP contribution in [-0.4, -0.2) is 46.3 Å². The molecular formula is C27H35N5O3. The fraction of sp³-hybridized carbons (Fsp3) is 0.370. The first-order valence-corrected chi connectivity index (χ1v) is 11.7. The van der Waals surface area contributed by atoms with Crippen LogP contribution < -0.4 is 15.4 Å². The Kier molecular flexibility index (Phi) is 7.84. The van der Waals surface area contributed by atoms with E-state index in [9.17, 15) is 9.59 Å². The van der Waals surface area contributed by atoms with Gasteiger partial charge in [-0.05, 0) is 45.0 Å². The molecule has 0 unspecified atom stereocenters. The van der Waals surface area contributed by atoms with Gasteiger partial charge in [0.25, 0.3) is 0 Å². The number of para-hydroxylation sites is 2. The van der Waals surface area contributed by atoms with Gasteiger partial charge in [0.05, 0.1) is 24.2 Å². The number of methoxy groups -OCH3 is 1. The average Bonchev–Trinajstić information content (AvgIpc) is 3.22. The van der Waals surface area contributed by atoms with Gasteiger partial charge in [0.2, 0.25) is 5.91 Å². The summed E-state index contributed by atoms with van der Waals surface area (Å²) in [6, 6.07) is 16.4. The molecule has 1 aromatic heterocycles. The van der Waals surface area contributed by atoms with E-state index in [1.807, 2.05) is 63.2 Å². The van der Waals surface area contributed by atoms with Crippen molar-refractivity contribution in [3.63, 3.8) is 0 Å². The van der Waals surface area contributed by atoms with E-state index < -0.39 is 0 Å². The highest BCUT2D eigenvalue weighted by Crippen LogP contribution is 2.27. The minimum absolute atomic E-state index is 0.122. The monoisotopic (exact) mass is 477 g/mol. The van der Waals surface area contributed by atoms with Crippen LogP contribution in [0.4, 0.5) is 16.3 Å². The summed E-state index contributed by atoms with van der Waals surface area (Å²) in [5.74, 6) is 0.783. The smallest absolute Gasteiger partial charge is 0.322 e. The van der Waals surface area contributed by atoms with Gasteiger partial charge >= 0.3 is 6.03 Å². The number of amides is 3. The molecular weight excluding hydrogens is 442 g/mol. The topological polar surface area (TPSA) is 88.5 Å². The summed E-state index contributed by atoms with van der Waals surface area (Å²) in [6.07, 6.45) is 0. The molecule has 3 amide bonds. The number of aryl methyl sites for hydroxylation is 1. The second-order valence-electron chi connectivity index (χ2n) is 9.81. The van der Waals surface area contributed by atoms with Crippen LogP contribution in [0, 0.1) is 6.92 Å². The molecule has 186 valence electrons. The van der Waals surface area contributed by atoms with E-state index in [1.165, 1.54) is 4.90 Å². The molecule has 0 atom stereocenters. The zero-order valence-corrected chi connectivity index (χ0v) is 21.5. The molecule has 3 rings (SSSR count). The normalized spacial score (nSPS) is 11.3. The number of anilines is 2. The van der Waals surface area contributed by atoms with Crippen LogP contribution in [0.5, 0.6) is 5.75 Å². The van der Waals surface area contributed by atoms with E-state index in [0.29, 0.717) is 17.3 Å². The molecule has 0 saturated heterocycles. The molecule has 2 N–H and O–H groups in total. The van der Waals surface area contributed by atoms with Gasteiger partial charge in [-0.15, -0.1) is 0 Å². The Labute approximate surface area is 207 Å². The number of aromatic nitrogens is 2. The van der Waals surface area contributed by atoms with E-state index in [-0.39, 0.29) is 29.9 Å². The lowest BCUT2D eigenvalue weighted by Gasteiger charge is -2.26. The van der Waals surface area contributed by atoms with Gasteiger partial charge in [0.1, 0.15) is 18.1 Å². The Hall–Kier alpha value is -3.81. The van der Waals surface area contributed by atoms with Crippen molar-refractivity contribution >= 4 is 23.4 Å². The summed E-state index contributed by atoms with van der Waals surface area (Å²) in [4.78, 5) is 27.6. The Morgan fingerprint density at radius 2 is 1.71 bits per heavy atom. The maximum atomic E-state index is 13.1. The lowest BCUT2D eigenvalue weighted by atomic mass is 9.92. The highest BCUT2D eigenvalue weighted by molar-refractivity contribution is 5.97. The maximum absolute atomic E-state index is 13.1. The van der Waals surface area contributed by atoms with E-state index >= 15 is 0 Å². The third kappa shape index (κ3) is 6.41. The SMILES string of the molecule is COc1ccccc1NC(=O)N(CC(=O)Nc1cc(C(C)(C)C)nn1-c1ccc(C)cc1)C(C)C. The Morgan fingerprint density at radius 3 is 2.31 bits per heavy atom. The summed E-state index contributed by atoms with van der Waals surface area (Å²) < 4.78 is 7.05. The molecule has 2 aromatic carbocycles. The number of carbonyl (C=O) groups is 2. The van der Waals surface area contributed by atoms with Crippen LogP contribution >= 0.6 is 0 Å². The molecule has 0 aliphatic heterocycles. The number of hydrogen-bond donors (Lipinski definition) is 2. The summed E-state index contributed by atoms with van der Waals surface area (Å²) >= 11 is 0. The van der Waals surface area contributed by atoms with E-state index in [1.54, 1.807) is 23.9 Å². The summed E-state index contributed by atoms with van der Waals surface area (Å²) in [5.41, 5.74) is 3.17. The summed E-state index contributed by atoms with van der Waals surface area (Å²) in [7, 11) is 1.54. The summed E-state index contributed by atoms with van der Waals surface area (Å²) in [5, 5.41) is 10.6. The second-order valence-corrected chi connectivity index (χ2v) is 9.81. The molecule has 0 spiro atoms. The first-order chi connectivity index (χ1) is 16.5. The van der Waals surface area contributed by atoms with Gasteiger partial charge in [-0.25, -0.2) is 9.48 Å². The Bertz CT molecular complexity index is 1180. The molecule has 0 saturated carbocycles. The highest BCUT2D eigenvalue weighted by atomic mass is 16.5. The molecule has 3 aromatic rings. The second kappa shape index (κ2) is 10.6. The molecule has 0 bridgehead atoms. The van der Waals surface area contributed by atoms with E-state index in [0.717, 1.165) is 16.9 Å². The van der Waals surface area contributed by atoms with Crippen molar-refractivity contribution in [1.82, 2.24) is 14.7 Å². The number of benzene rings is 2. The minimum atomic E-state index is -0.387. The molecule has 35 heavy (non-hydrogen) atoms. The number of urea groups is 1. The zero-order chi connectivity index (χ0) is 25.8. The molecule has 0 aliphatic rings. The van der Waals surface area contributed by atoms with Crippen LogP contribution in [0.3, 0.4) is 0 Å². The van der Waals surface area contributed by atoms with Gasteiger partial charge in [0, 0.05) is 17.5 Å². The van der Waals surface area contributed by atoms with Crippen molar-refractivity contribution in [3.05, 3.63) is 65.9 Å². The van der Waals surface area contributed by atoms with Crippen LogP contribution in [0.1, 0.15) is 45.9 Å². The first-order valence-electron chi connectivity index (χ1n) is 11.7. The molecule has 8 heteroatoms. The Balaban J connectivity index is 1.81. The number of ether oxygens (including phenoxy) is 1. The van der Waals surface area contributed by atoms with Gasteiger partial charge in [-0.1, -0.05) is 50.6 Å². The van der Waals surface area contributed by atoms with Gasteiger partial charge < -0.3 is 20.3 Å². The highest BCUT2D eigenvalue weighted by Gasteiger charge is 2.24. The van der Waals surface area contributed by atoms with E-state index in [4.69, 9.17) is 9.84 Å². The van der Waals surface area contributed by atoms with Crippen molar-refractivity contribution in [2.45, 2.75) is 53.0 Å². The van der Waals surface area contributed by atoms with Crippen LogP contribution in [0.15, 0.2) is 54.6 Å². The number of nitrogens with zero attached hydrogens (tertiary/aromatic N) is 3. The van der Waals surface area contributed by atoms with Gasteiger partial charge in [-0.2, -0.15) is 5.10 Å². The predicted molar refractivity (Wildman–Crippen MR) is 139 cm³/mol. The molecule has 8 nitrogen and oxygen atoms in total. The fourth-order valence-corrected chi connectivity index (χ4v) is 3.48. The molecule has 0 aliphatic carbocycles. The minimum Gasteiger partial charge on any atom is -0.495 e. The zero-order valence-electron chi connectivity index (χ0n) is 21.5. The number of rotatable bonds is 7. The third-order valence-electron chi connectivity index (χ3n) is 5.57. The number of hydrogen-bond acceptors (Lipinski definition) is 4. The van der Waals surface area contributed by atoms with Crippen molar-refractivity contribution in [2.24, 2.45) is 0 Å². The number of carbonyl (C=O) groups excluding carboxylic acids is 2. The maximum Gasteiger partial charge on any atom is 0.322 e. The summed E-state index contributed by atoms with van der Waals surface area (Å²) in [6.45, 7) is 11.8.